The first-order chi connectivity index (χ1) is 14.4. The fourth-order valence-corrected chi connectivity index (χ4v) is 4.57. The van der Waals surface area contributed by atoms with E-state index in [4.69, 9.17) is 9.73 Å². The SMILES string of the molecule is CCNC(=NCC1CCCOC1C(C)(C)C)NCCCn1nc2n(c1=O)CCCC2. The third-order valence-corrected chi connectivity index (χ3v) is 6.00. The Balaban J connectivity index is 1.50. The monoisotopic (exact) mass is 420 g/mol. The number of nitrogens with one attached hydrogen (secondary N) is 2. The molecule has 0 radical (unpaired) electrons. The molecule has 1 saturated heterocycles. The Bertz CT molecular complexity index is 761. The third-order valence-electron chi connectivity index (χ3n) is 6.00. The molecule has 3 rings (SSSR count). The van der Waals surface area contributed by atoms with Crippen LogP contribution in [0.5, 0.6) is 0 Å². The number of aliphatic imine (C=N–C) groups is 1. The predicted molar refractivity (Wildman–Crippen MR) is 120 cm³/mol. The highest BCUT2D eigenvalue weighted by molar-refractivity contribution is 5.79. The third kappa shape index (κ3) is 5.86. The van der Waals surface area contributed by atoms with Gasteiger partial charge in [-0.2, -0.15) is 5.10 Å². The summed E-state index contributed by atoms with van der Waals surface area (Å²) in [5.41, 5.74) is 0.166. The van der Waals surface area contributed by atoms with Gasteiger partial charge in [0.05, 0.1) is 6.10 Å². The lowest BCUT2D eigenvalue weighted by molar-refractivity contribution is -0.0823. The van der Waals surface area contributed by atoms with Crippen LogP contribution in [0.1, 0.15) is 65.6 Å². The van der Waals surface area contributed by atoms with Gasteiger partial charge in [0.25, 0.3) is 0 Å². The standard InChI is InChI=1S/C22H40N6O2/c1-5-23-20(25-16-17-10-8-15-30-19(17)22(2,3)4)24-12-9-14-28-21(29)27-13-7-6-11-18(27)26-28/h17,19H,5-16H2,1-4H3,(H2,23,24,25). The minimum atomic E-state index is 0.0378. The molecule has 2 aliphatic rings. The molecule has 2 aliphatic heterocycles. The summed E-state index contributed by atoms with van der Waals surface area (Å²) in [7, 11) is 0. The van der Waals surface area contributed by atoms with E-state index in [0.717, 1.165) is 76.7 Å². The van der Waals surface area contributed by atoms with Gasteiger partial charge in [-0.25, -0.2) is 9.48 Å². The first kappa shape index (κ1) is 22.8. The second kappa shape index (κ2) is 10.5. The average molecular weight is 421 g/mol. The fourth-order valence-electron chi connectivity index (χ4n) is 4.57. The Morgan fingerprint density at radius 3 is 2.83 bits per heavy atom. The predicted octanol–water partition coefficient (Wildman–Crippen LogP) is 2.17. The van der Waals surface area contributed by atoms with Crippen molar-refractivity contribution in [1.29, 1.82) is 0 Å². The maximum absolute atomic E-state index is 12.4. The van der Waals surface area contributed by atoms with Gasteiger partial charge in [0.15, 0.2) is 5.96 Å². The first-order valence-corrected chi connectivity index (χ1v) is 11.7. The molecular weight excluding hydrogens is 380 g/mol. The molecule has 2 atom stereocenters. The molecule has 2 N–H and O–H groups in total. The van der Waals surface area contributed by atoms with Gasteiger partial charge >= 0.3 is 5.69 Å². The van der Waals surface area contributed by atoms with E-state index in [1.165, 1.54) is 6.42 Å². The maximum atomic E-state index is 12.4. The molecule has 1 aromatic rings. The molecule has 0 amide bonds. The van der Waals surface area contributed by atoms with Crippen LogP contribution in [0, 0.1) is 11.3 Å². The van der Waals surface area contributed by atoms with Crippen molar-refractivity contribution in [3.63, 3.8) is 0 Å². The van der Waals surface area contributed by atoms with Crippen molar-refractivity contribution < 1.29 is 4.74 Å². The van der Waals surface area contributed by atoms with Gasteiger partial charge in [-0.15, -0.1) is 0 Å². The van der Waals surface area contributed by atoms with Crippen molar-refractivity contribution in [3.8, 4) is 0 Å². The van der Waals surface area contributed by atoms with Crippen LogP contribution in [0.2, 0.25) is 0 Å². The lowest BCUT2D eigenvalue weighted by Gasteiger charge is -2.39. The van der Waals surface area contributed by atoms with Crippen molar-refractivity contribution in [2.24, 2.45) is 16.3 Å². The Morgan fingerprint density at radius 2 is 2.10 bits per heavy atom. The molecular formula is C22H40N6O2. The summed E-state index contributed by atoms with van der Waals surface area (Å²) < 4.78 is 9.55. The van der Waals surface area contributed by atoms with Crippen molar-refractivity contribution in [2.75, 3.05) is 26.2 Å². The zero-order chi connectivity index (χ0) is 21.6. The zero-order valence-corrected chi connectivity index (χ0v) is 19.2. The summed E-state index contributed by atoms with van der Waals surface area (Å²) in [6.45, 7) is 13.5. The number of nitrogens with zero attached hydrogens (tertiary/aromatic N) is 4. The van der Waals surface area contributed by atoms with E-state index in [2.05, 4.69) is 43.4 Å². The Morgan fingerprint density at radius 1 is 1.27 bits per heavy atom. The molecule has 2 unspecified atom stereocenters. The largest absolute Gasteiger partial charge is 0.377 e. The molecule has 8 nitrogen and oxygen atoms in total. The smallest absolute Gasteiger partial charge is 0.345 e. The normalized spacial score (nSPS) is 22.6. The van der Waals surface area contributed by atoms with Crippen LogP contribution >= 0.6 is 0 Å². The van der Waals surface area contributed by atoms with Gasteiger partial charge in [-0.3, -0.25) is 9.56 Å². The van der Waals surface area contributed by atoms with Crippen molar-refractivity contribution in [2.45, 2.75) is 85.4 Å². The number of guanidine groups is 1. The Kier molecular flexibility index (Phi) is 7.97. The summed E-state index contributed by atoms with van der Waals surface area (Å²) in [5, 5.41) is 11.3. The minimum absolute atomic E-state index is 0.0378. The van der Waals surface area contributed by atoms with E-state index >= 15 is 0 Å². The minimum Gasteiger partial charge on any atom is -0.377 e. The highest BCUT2D eigenvalue weighted by Gasteiger charge is 2.35. The van der Waals surface area contributed by atoms with E-state index in [0.29, 0.717) is 12.5 Å². The second-order valence-corrected chi connectivity index (χ2v) is 9.59. The highest BCUT2D eigenvalue weighted by atomic mass is 16.5. The van der Waals surface area contributed by atoms with Gasteiger partial charge in [-0.05, 0) is 44.4 Å². The van der Waals surface area contributed by atoms with E-state index in [1.54, 1.807) is 4.68 Å². The molecule has 1 aromatic heterocycles. The summed E-state index contributed by atoms with van der Waals surface area (Å²) in [6.07, 6.45) is 6.47. The maximum Gasteiger partial charge on any atom is 0.345 e. The lowest BCUT2D eigenvalue weighted by Crippen LogP contribution is -2.43. The quantitative estimate of drug-likeness (QED) is 0.401. The molecule has 0 saturated carbocycles. The number of hydrogen-bond acceptors (Lipinski definition) is 4. The summed E-state index contributed by atoms with van der Waals surface area (Å²) in [4.78, 5) is 17.3. The lowest BCUT2D eigenvalue weighted by atomic mass is 9.78. The summed E-state index contributed by atoms with van der Waals surface area (Å²) in [5.74, 6) is 2.23. The van der Waals surface area contributed by atoms with Gasteiger partial charge in [0, 0.05) is 51.7 Å². The van der Waals surface area contributed by atoms with Crippen LogP contribution in [0.15, 0.2) is 9.79 Å². The molecule has 1 fully saturated rings. The molecule has 0 spiro atoms. The van der Waals surface area contributed by atoms with Gasteiger partial charge in [-0.1, -0.05) is 20.8 Å². The number of aryl methyl sites for hydroxylation is 2. The Labute approximate surface area is 180 Å². The number of rotatable bonds is 7. The highest BCUT2D eigenvalue weighted by Crippen LogP contribution is 2.34. The van der Waals surface area contributed by atoms with Crippen LogP contribution in [0.4, 0.5) is 0 Å². The number of fused-ring (bicyclic) bond motifs is 1. The molecule has 0 aliphatic carbocycles. The molecule has 3 heterocycles. The first-order valence-electron chi connectivity index (χ1n) is 11.7. The fraction of sp³-hybridized carbons (Fsp3) is 0.864. The van der Waals surface area contributed by atoms with Crippen molar-refractivity contribution in [3.05, 3.63) is 16.3 Å². The van der Waals surface area contributed by atoms with Crippen LogP contribution in [0.25, 0.3) is 0 Å². The molecule has 0 aromatic carbocycles. The van der Waals surface area contributed by atoms with E-state index in [1.807, 2.05) is 4.57 Å². The van der Waals surface area contributed by atoms with Crippen molar-refractivity contribution >= 4 is 5.96 Å². The summed E-state index contributed by atoms with van der Waals surface area (Å²) >= 11 is 0. The van der Waals surface area contributed by atoms with Crippen LogP contribution in [-0.2, 0) is 24.2 Å². The van der Waals surface area contributed by atoms with E-state index in [9.17, 15) is 4.79 Å². The average Bonchev–Trinajstić information content (AvgIpc) is 3.04. The number of hydrogen-bond donors (Lipinski definition) is 2. The van der Waals surface area contributed by atoms with Crippen LogP contribution < -0.4 is 16.3 Å². The second-order valence-electron chi connectivity index (χ2n) is 9.59. The Hall–Kier alpha value is -1.83. The van der Waals surface area contributed by atoms with Crippen molar-refractivity contribution in [1.82, 2.24) is 25.0 Å². The summed E-state index contributed by atoms with van der Waals surface area (Å²) in [6, 6.07) is 0. The molecule has 170 valence electrons. The number of ether oxygens (including phenoxy) is 1. The van der Waals surface area contributed by atoms with Crippen LogP contribution in [0.3, 0.4) is 0 Å². The van der Waals surface area contributed by atoms with E-state index < -0.39 is 0 Å². The van der Waals surface area contributed by atoms with E-state index in [-0.39, 0.29) is 17.2 Å². The van der Waals surface area contributed by atoms with Gasteiger partial charge in [0.1, 0.15) is 5.82 Å². The molecule has 30 heavy (non-hydrogen) atoms. The van der Waals surface area contributed by atoms with Crippen LogP contribution in [-0.4, -0.2) is 52.7 Å². The zero-order valence-electron chi connectivity index (χ0n) is 19.2. The van der Waals surface area contributed by atoms with Gasteiger partial charge in [0.2, 0.25) is 0 Å². The topological polar surface area (TPSA) is 85.5 Å². The van der Waals surface area contributed by atoms with Gasteiger partial charge < -0.3 is 15.4 Å². The number of aromatic nitrogens is 3. The molecule has 8 heteroatoms. The molecule has 0 bridgehead atoms.